The maximum atomic E-state index is 12.6. The van der Waals surface area contributed by atoms with Crippen LogP contribution in [0.4, 0.5) is 13.2 Å². The molecule has 26 heavy (non-hydrogen) atoms. The number of alkyl halides is 3. The molecule has 0 amide bonds. The van der Waals surface area contributed by atoms with Crippen LogP contribution in [0.25, 0.3) is 5.69 Å². The van der Waals surface area contributed by atoms with Crippen LogP contribution < -0.4 is 4.74 Å². The molecule has 1 aromatic heterocycles. The summed E-state index contributed by atoms with van der Waals surface area (Å²) in [7, 11) is 0. The van der Waals surface area contributed by atoms with E-state index in [1.807, 2.05) is 0 Å². The van der Waals surface area contributed by atoms with E-state index in [0.717, 1.165) is 12.1 Å². The molecule has 2 aromatic carbocycles. The van der Waals surface area contributed by atoms with E-state index in [1.165, 1.54) is 23.0 Å². The van der Waals surface area contributed by atoms with Gasteiger partial charge in [-0.1, -0.05) is 0 Å². The van der Waals surface area contributed by atoms with Gasteiger partial charge >= 0.3 is 6.18 Å². The molecule has 0 fully saturated rings. The third-order valence-electron chi connectivity index (χ3n) is 3.85. The van der Waals surface area contributed by atoms with E-state index >= 15 is 0 Å². The van der Waals surface area contributed by atoms with Crippen molar-refractivity contribution in [2.45, 2.75) is 26.6 Å². The van der Waals surface area contributed by atoms with Gasteiger partial charge in [-0.25, -0.2) is 0 Å². The van der Waals surface area contributed by atoms with Crippen LogP contribution in [0.5, 0.6) is 11.5 Å². The molecule has 3 aromatic rings. The number of aromatic hydroxyl groups is 1. The molecule has 1 N–H and O–H groups in total. The largest absolute Gasteiger partial charge is 0.508 e. The molecule has 5 nitrogen and oxygen atoms in total. The summed E-state index contributed by atoms with van der Waals surface area (Å²) >= 11 is 0. The van der Waals surface area contributed by atoms with Gasteiger partial charge in [0.1, 0.15) is 23.8 Å². The lowest BCUT2D eigenvalue weighted by atomic mass is 10.2. The van der Waals surface area contributed by atoms with Gasteiger partial charge in [-0.05, 0) is 61.9 Å². The second-order valence-electron chi connectivity index (χ2n) is 5.80. The highest BCUT2D eigenvalue weighted by Crippen LogP contribution is 2.29. The van der Waals surface area contributed by atoms with Crippen LogP contribution in [0.2, 0.25) is 0 Å². The lowest BCUT2D eigenvalue weighted by molar-refractivity contribution is -0.137. The van der Waals surface area contributed by atoms with E-state index in [2.05, 4.69) is 10.2 Å². The van der Waals surface area contributed by atoms with Crippen molar-refractivity contribution in [1.29, 1.82) is 0 Å². The Morgan fingerprint density at radius 2 is 1.73 bits per heavy atom. The Hall–Kier alpha value is -3.03. The average Bonchev–Trinajstić information content (AvgIpc) is 2.96. The number of ether oxygens (including phenoxy) is 1. The molecule has 8 heteroatoms. The fourth-order valence-electron chi connectivity index (χ4n) is 2.31. The first-order valence-corrected chi connectivity index (χ1v) is 7.77. The van der Waals surface area contributed by atoms with E-state index in [1.54, 1.807) is 26.0 Å². The van der Waals surface area contributed by atoms with Crippen LogP contribution in [0.15, 0.2) is 42.5 Å². The number of aryl methyl sites for hydroxylation is 2. The number of hydrogen-bond acceptors (Lipinski definition) is 4. The van der Waals surface area contributed by atoms with Crippen LogP contribution in [-0.4, -0.2) is 20.1 Å². The Morgan fingerprint density at radius 1 is 1.04 bits per heavy atom. The van der Waals surface area contributed by atoms with Crippen molar-refractivity contribution in [2.75, 3.05) is 0 Å². The normalized spacial score (nSPS) is 11.6. The minimum absolute atomic E-state index is 0.149. The number of rotatable bonds is 4. The summed E-state index contributed by atoms with van der Waals surface area (Å²) in [5, 5.41) is 18.0. The van der Waals surface area contributed by atoms with Gasteiger partial charge in [0, 0.05) is 0 Å². The molecule has 0 saturated heterocycles. The van der Waals surface area contributed by atoms with Crippen LogP contribution in [-0.2, 0) is 12.8 Å². The van der Waals surface area contributed by atoms with Gasteiger partial charge in [-0.15, -0.1) is 5.10 Å². The number of hydrogen-bond donors (Lipinski definition) is 1. The van der Waals surface area contributed by atoms with Gasteiger partial charge in [-0.3, -0.25) is 0 Å². The zero-order valence-electron chi connectivity index (χ0n) is 14.1. The number of nitrogens with zero attached hydrogens (tertiary/aromatic N) is 3. The molecule has 136 valence electrons. The van der Waals surface area contributed by atoms with Gasteiger partial charge < -0.3 is 9.84 Å². The van der Waals surface area contributed by atoms with E-state index in [9.17, 15) is 18.3 Å². The molecule has 3 rings (SSSR count). The summed E-state index contributed by atoms with van der Waals surface area (Å²) < 4.78 is 43.6. The van der Waals surface area contributed by atoms with E-state index in [4.69, 9.17) is 4.74 Å². The lowest BCUT2D eigenvalue weighted by Crippen LogP contribution is -2.06. The first kappa shape index (κ1) is 17.8. The molecule has 0 bridgehead atoms. The predicted molar refractivity (Wildman–Crippen MR) is 88.3 cm³/mol. The minimum Gasteiger partial charge on any atom is -0.508 e. The average molecular weight is 363 g/mol. The topological polar surface area (TPSA) is 60.2 Å². The number of benzene rings is 2. The summed E-state index contributed by atoms with van der Waals surface area (Å²) in [5.74, 6) is 0.755. The Morgan fingerprint density at radius 3 is 2.35 bits per heavy atom. The molecule has 0 saturated carbocycles. The van der Waals surface area contributed by atoms with E-state index in [0.29, 0.717) is 28.4 Å². The molecule has 0 spiro atoms. The zero-order valence-corrected chi connectivity index (χ0v) is 14.1. The third kappa shape index (κ3) is 3.79. The predicted octanol–water partition coefficient (Wildman–Crippen LogP) is 4.19. The van der Waals surface area contributed by atoms with Crippen LogP contribution >= 0.6 is 0 Å². The van der Waals surface area contributed by atoms with Crippen molar-refractivity contribution in [3.05, 3.63) is 65.0 Å². The standard InChI is InChI=1S/C18H16F3N3O2/c1-11-9-15(7-8-17(11)25)26-10-16-12(2)22-24(23-16)14-5-3-13(4-6-14)18(19,20)21/h3-9,25H,10H2,1-2H3. The van der Waals surface area contributed by atoms with Gasteiger partial charge in [0.25, 0.3) is 0 Å². The van der Waals surface area contributed by atoms with E-state index in [-0.39, 0.29) is 12.4 Å². The van der Waals surface area contributed by atoms with Gasteiger partial charge in [0.05, 0.1) is 16.9 Å². The van der Waals surface area contributed by atoms with Crippen molar-refractivity contribution < 1.29 is 23.0 Å². The molecule has 0 aliphatic heterocycles. The van der Waals surface area contributed by atoms with Crippen molar-refractivity contribution in [3.8, 4) is 17.2 Å². The summed E-state index contributed by atoms with van der Waals surface area (Å²) in [6, 6.07) is 9.48. The zero-order chi connectivity index (χ0) is 18.9. The Labute approximate surface area is 147 Å². The number of phenols is 1. The first-order chi connectivity index (χ1) is 12.2. The van der Waals surface area contributed by atoms with E-state index < -0.39 is 11.7 Å². The third-order valence-corrected chi connectivity index (χ3v) is 3.85. The summed E-state index contributed by atoms with van der Waals surface area (Å²) in [6.45, 7) is 3.65. The summed E-state index contributed by atoms with van der Waals surface area (Å²) in [4.78, 5) is 1.27. The molecule has 0 aliphatic rings. The summed E-state index contributed by atoms with van der Waals surface area (Å²) in [6.07, 6.45) is -4.38. The Bertz CT molecular complexity index is 918. The SMILES string of the molecule is Cc1cc(OCc2nn(-c3ccc(C(F)(F)F)cc3)nc2C)ccc1O. The Balaban J connectivity index is 1.75. The minimum atomic E-state index is -4.38. The molecule has 1 heterocycles. The maximum absolute atomic E-state index is 12.6. The fourth-order valence-corrected chi connectivity index (χ4v) is 2.31. The molecule has 0 aliphatic carbocycles. The fraction of sp³-hybridized carbons (Fsp3) is 0.222. The maximum Gasteiger partial charge on any atom is 0.416 e. The molecule has 0 unspecified atom stereocenters. The highest BCUT2D eigenvalue weighted by atomic mass is 19.4. The van der Waals surface area contributed by atoms with Crippen molar-refractivity contribution in [2.24, 2.45) is 0 Å². The second kappa shape index (κ2) is 6.70. The highest BCUT2D eigenvalue weighted by molar-refractivity contribution is 5.38. The Kier molecular flexibility index (Phi) is 4.58. The molecular weight excluding hydrogens is 347 g/mol. The molecular formula is C18H16F3N3O2. The first-order valence-electron chi connectivity index (χ1n) is 7.77. The van der Waals surface area contributed by atoms with Crippen LogP contribution in [0, 0.1) is 13.8 Å². The second-order valence-corrected chi connectivity index (χ2v) is 5.80. The van der Waals surface area contributed by atoms with Crippen molar-refractivity contribution in [1.82, 2.24) is 15.0 Å². The van der Waals surface area contributed by atoms with Crippen LogP contribution in [0.1, 0.15) is 22.5 Å². The van der Waals surface area contributed by atoms with Crippen molar-refractivity contribution in [3.63, 3.8) is 0 Å². The van der Waals surface area contributed by atoms with Gasteiger partial charge in [-0.2, -0.15) is 23.1 Å². The number of halogens is 3. The smallest absolute Gasteiger partial charge is 0.416 e. The van der Waals surface area contributed by atoms with Crippen molar-refractivity contribution >= 4 is 0 Å². The molecule has 0 atom stereocenters. The summed E-state index contributed by atoms with van der Waals surface area (Å²) in [5.41, 5.74) is 1.56. The van der Waals surface area contributed by atoms with Gasteiger partial charge in [0.15, 0.2) is 0 Å². The monoisotopic (exact) mass is 363 g/mol. The van der Waals surface area contributed by atoms with Crippen LogP contribution in [0.3, 0.4) is 0 Å². The van der Waals surface area contributed by atoms with Gasteiger partial charge in [0.2, 0.25) is 0 Å². The number of phenolic OH excluding ortho intramolecular Hbond substituents is 1. The molecule has 0 radical (unpaired) electrons. The lowest BCUT2D eigenvalue weighted by Gasteiger charge is -2.07. The quantitative estimate of drug-likeness (QED) is 0.755. The highest BCUT2D eigenvalue weighted by Gasteiger charge is 2.30. The number of aromatic nitrogens is 3.